The van der Waals surface area contributed by atoms with Crippen molar-refractivity contribution in [1.82, 2.24) is 5.32 Å². The Morgan fingerprint density at radius 2 is 2.20 bits per heavy atom. The molecule has 60 valence electrons. The van der Waals surface area contributed by atoms with E-state index in [0.29, 0.717) is 6.61 Å². The van der Waals surface area contributed by atoms with E-state index in [4.69, 9.17) is 4.74 Å². The molecule has 0 rings (SSSR count). The van der Waals surface area contributed by atoms with Gasteiger partial charge in [0.25, 0.3) is 0 Å². The Labute approximate surface area is 61.8 Å². The van der Waals surface area contributed by atoms with E-state index in [1.165, 1.54) is 0 Å². The Kier molecular flexibility index (Phi) is 4.94. The third kappa shape index (κ3) is 2.82. The van der Waals surface area contributed by atoms with Crippen LogP contribution in [0.1, 0.15) is 20.3 Å². The van der Waals surface area contributed by atoms with Crippen LogP contribution < -0.4 is 5.32 Å². The summed E-state index contributed by atoms with van der Waals surface area (Å²) >= 11 is 0. The molecule has 0 aromatic heterocycles. The number of carbonyl (C=O) groups excluding carboxylic acids is 1. The number of hydrogen-bond donors (Lipinski definition) is 1. The van der Waals surface area contributed by atoms with Gasteiger partial charge in [-0.2, -0.15) is 0 Å². The average Bonchev–Trinajstić information content (AvgIpc) is 1.91. The molecular weight excluding hydrogens is 130 g/mol. The Balaban J connectivity index is 3.65. The van der Waals surface area contributed by atoms with Gasteiger partial charge in [-0.3, -0.25) is 4.79 Å². The summed E-state index contributed by atoms with van der Waals surface area (Å²) in [5.74, 6) is -0.160. The highest BCUT2D eigenvalue weighted by Crippen LogP contribution is 1.92. The summed E-state index contributed by atoms with van der Waals surface area (Å²) in [5, 5.41) is 2.86. The monoisotopic (exact) mass is 145 g/mol. The normalized spacial score (nSPS) is 12.7. The molecule has 0 amide bonds. The van der Waals surface area contributed by atoms with Gasteiger partial charge in [-0.05, 0) is 20.4 Å². The fourth-order valence-electron chi connectivity index (χ4n) is 0.731. The van der Waals surface area contributed by atoms with Crippen molar-refractivity contribution in [3.63, 3.8) is 0 Å². The van der Waals surface area contributed by atoms with Crippen LogP contribution in [0.4, 0.5) is 0 Å². The molecule has 0 aliphatic carbocycles. The minimum absolute atomic E-state index is 0.139. The lowest BCUT2D eigenvalue weighted by atomic mass is 10.2. The van der Waals surface area contributed by atoms with Gasteiger partial charge in [0.2, 0.25) is 0 Å². The number of nitrogens with one attached hydrogen (secondary N) is 1. The highest BCUT2D eigenvalue weighted by Gasteiger charge is 2.13. The molecule has 3 heteroatoms. The largest absolute Gasteiger partial charge is 0.465 e. The Morgan fingerprint density at radius 3 is 2.50 bits per heavy atom. The van der Waals surface area contributed by atoms with Crippen LogP contribution in [-0.2, 0) is 9.53 Å². The minimum atomic E-state index is -0.160. The fraction of sp³-hybridized carbons (Fsp3) is 0.857. The van der Waals surface area contributed by atoms with Crippen LogP contribution in [0.15, 0.2) is 0 Å². The zero-order valence-electron chi connectivity index (χ0n) is 6.81. The Hall–Kier alpha value is -0.570. The summed E-state index contributed by atoms with van der Waals surface area (Å²) in [6, 6.07) is -0.139. The van der Waals surface area contributed by atoms with Crippen molar-refractivity contribution in [2.75, 3.05) is 13.7 Å². The predicted molar refractivity (Wildman–Crippen MR) is 39.8 cm³/mol. The summed E-state index contributed by atoms with van der Waals surface area (Å²) in [6.45, 7) is 4.20. The molecule has 0 unspecified atom stereocenters. The molecule has 0 aliphatic rings. The maximum atomic E-state index is 10.9. The minimum Gasteiger partial charge on any atom is -0.465 e. The van der Waals surface area contributed by atoms with E-state index in [2.05, 4.69) is 5.32 Å². The molecule has 0 heterocycles. The molecule has 10 heavy (non-hydrogen) atoms. The lowest BCUT2D eigenvalue weighted by molar-refractivity contribution is -0.145. The van der Waals surface area contributed by atoms with E-state index in [-0.39, 0.29) is 12.0 Å². The van der Waals surface area contributed by atoms with E-state index >= 15 is 0 Å². The molecule has 3 nitrogen and oxygen atoms in total. The summed E-state index contributed by atoms with van der Waals surface area (Å²) < 4.78 is 4.78. The maximum absolute atomic E-state index is 10.9. The molecule has 1 atom stereocenters. The molecule has 0 aliphatic heterocycles. The van der Waals surface area contributed by atoms with Gasteiger partial charge in [0.15, 0.2) is 0 Å². The molecule has 0 radical (unpaired) electrons. The van der Waals surface area contributed by atoms with E-state index in [1.807, 2.05) is 6.92 Å². The Bertz CT molecular complexity index is 99.8. The van der Waals surface area contributed by atoms with Gasteiger partial charge in [-0.15, -0.1) is 0 Å². The van der Waals surface area contributed by atoms with Gasteiger partial charge < -0.3 is 10.1 Å². The highest BCUT2D eigenvalue weighted by atomic mass is 16.5. The van der Waals surface area contributed by atoms with Gasteiger partial charge in [0, 0.05) is 0 Å². The molecule has 0 aromatic rings. The second-order valence-electron chi connectivity index (χ2n) is 2.00. The molecule has 0 bridgehead atoms. The predicted octanol–water partition coefficient (Wildman–Crippen LogP) is 0.547. The molecule has 0 fully saturated rings. The van der Waals surface area contributed by atoms with Crippen molar-refractivity contribution in [1.29, 1.82) is 0 Å². The molecular formula is C7H15NO2. The number of likely N-dealkylation sites (N-methyl/N-ethyl adjacent to an activating group) is 1. The number of hydrogen-bond acceptors (Lipinski definition) is 3. The first-order valence-electron chi connectivity index (χ1n) is 3.60. The SMILES string of the molecule is CCOC(=O)[C@H](CC)NC. The molecule has 0 spiro atoms. The third-order valence-corrected chi connectivity index (χ3v) is 1.33. The maximum Gasteiger partial charge on any atom is 0.323 e. The van der Waals surface area contributed by atoms with Crippen LogP contribution >= 0.6 is 0 Å². The topological polar surface area (TPSA) is 38.3 Å². The molecule has 0 saturated heterocycles. The highest BCUT2D eigenvalue weighted by molar-refractivity contribution is 5.75. The van der Waals surface area contributed by atoms with Crippen LogP contribution in [0.25, 0.3) is 0 Å². The summed E-state index contributed by atoms with van der Waals surface area (Å²) in [7, 11) is 1.76. The van der Waals surface area contributed by atoms with Crippen LogP contribution in [0.2, 0.25) is 0 Å². The van der Waals surface area contributed by atoms with Crippen molar-refractivity contribution >= 4 is 5.97 Å². The smallest absolute Gasteiger partial charge is 0.323 e. The third-order valence-electron chi connectivity index (χ3n) is 1.33. The summed E-state index contributed by atoms with van der Waals surface area (Å²) in [6.07, 6.45) is 0.773. The van der Waals surface area contributed by atoms with E-state index in [1.54, 1.807) is 14.0 Å². The number of ether oxygens (including phenoxy) is 1. The van der Waals surface area contributed by atoms with Gasteiger partial charge in [0.1, 0.15) is 6.04 Å². The Morgan fingerprint density at radius 1 is 1.60 bits per heavy atom. The van der Waals surface area contributed by atoms with E-state index in [0.717, 1.165) is 6.42 Å². The molecule has 1 N–H and O–H groups in total. The fourth-order valence-corrected chi connectivity index (χ4v) is 0.731. The van der Waals surface area contributed by atoms with E-state index < -0.39 is 0 Å². The second-order valence-corrected chi connectivity index (χ2v) is 2.00. The average molecular weight is 145 g/mol. The first-order valence-corrected chi connectivity index (χ1v) is 3.60. The number of esters is 1. The molecule has 0 saturated carbocycles. The summed E-state index contributed by atoms with van der Waals surface area (Å²) in [4.78, 5) is 10.9. The number of carbonyl (C=O) groups is 1. The zero-order chi connectivity index (χ0) is 7.98. The van der Waals surface area contributed by atoms with Gasteiger partial charge >= 0.3 is 5.97 Å². The number of rotatable bonds is 4. The van der Waals surface area contributed by atoms with Crippen molar-refractivity contribution < 1.29 is 9.53 Å². The quantitative estimate of drug-likeness (QED) is 0.587. The van der Waals surface area contributed by atoms with Crippen molar-refractivity contribution in [2.45, 2.75) is 26.3 Å². The van der Waals surface area contributed by atoms with Gasteiger partial charge in [-0.25, -0.2) is 0 Å². The van der Waals surface area contributed by atoms with Crippen LogP contribution in [0.3, 0.4) is 0 Å². The summed E-state index contributed by atoms with van der Waals surface area (Å²) in [5.41, 5.74) is 0. The van der Waals surface area contributed by atoms with Crippen LogP contribution in [0.5, 0.6) is 0 Å². The van der Waals surface area contributed by atoms with Crippen molar-refractivity contribution in [2.24, 2.45) is 0 Å². The van der Waals surface area contributed by atoms with E-state index in [9.17, 15) is 4.79 Å². The molecule has 0 aromatic carbocycles. The van der Waals surface area contributed by atoms with Gasteiger partial charge in [-0.1, -0.05) is 6.92 Å². The van der Waals surface area contributed by atoms with Crippen LogP contribution in [0, 0.1) is 0 Å². The van der Waals surface area contributed by atoms with Crippen molar-refractivity contribution in [3.05, 3.63) is 0 Å². The first kappa shape index (κ1) is 9.43. The van der Waals surface area contributed by atoms with Crippen molar-refractivity contribution in [3.8, 4) is 0 Å². The zero-order valence-corrected chi connectivity index (χ0v) is 6.81. The standard InChI is InChI=1S/C7H15NO2/c1-4-6(8-3)7(9)10-5-2/h6,8H,4-5H2,1-3H3/t6-/m0/s1. The lowest BCUT2D eigenvalue weighted by Crippen LogP contribution is -2.34. The lowest BCUT2D eigenvalue weighted by Gasteiger charge is -2.11. The first-order chi connectivity index (χ1) is 4.76. The second kappa shape index (κ2) is 5.23. The van der Waals surface area contributed by atoms with Crippen LogP contribution in [-0.4, -0.2) is 25.7 Å². The van der Waals surface area contributed by atoms with Gasteiger partial charge in [0.05, 0.1) is 6.61 Å².